The lowest BCUT2D eigenvalue weighted by molar-refractivity contribution is -0.384. The Kier molecular flexibility index (Phi) is 5.03. The number of ether oxygens (including phenoxy) is 1. The molecule has 0 radical (unpaired) electrons. The molecule has 1 atom stereocenters. The average molecular weight is 330 g/mol. The molecule has 0 bridgehead atoms. The number of phenolic OH excluding ortho intramolecular Hbond substituents is 1. The van der Waals surface area contributed by atoms with Crippen LogP contribution in [0.5, 0.6) is 11.5 Å². The number of benzene rings is 2. The molecule has 7 nitrogen and oxygen atoms in total. The Labute approximate surface area is 139 Å². The molecule has 2 aromatic rings. The number of carbonyl (C=O) groups is 1. The van der Waals surface area contributed by atoms with E-state index in [1.165, 1.54) is 38.3 Å². The molecule has 2 aromatic carbocycles. The van der Waals surface area contributed by atoms with Crippen molar-refractivity contribution >= 4 is 17.2 Å². The lowest BCUT2D eigenvalue weighted by Gasteiger charge is -2.18. The number of anilines is 1. The number of hydrogen-bond acceptors (Lipinski definition) is 6. The van der Waals surface area contributed by atoms with Crippen molar-refractivity contribution in [3.8, 4) is 11.5 Å². The van der Waals surface area contributed by atoms with E-state index >= 15 is 0 Å². The van der Waals surface area contributed by atoms with Crippen molar-refractivity contribution in [2.24, 2.45) is 0 Å². The largest absolute Gasteiger partial charge is 0.508 e. The van der Waals surface area contributed by atoms with Gasteiger partial charge in [0.25, 0.3) is 5.69 Å². The van der Waals surface area contributed by atoms with E-state index in [2.05, 4.69) is 5.32 Å². The molecular formula is C17H18N2O5. The lowest BCUT2D eigenvalue weighted by Crippen LogP contribution is -2.09. The van der Waals surface area contributed by atoms with Gasteiger partial charge in [-0.15, -0.1) is 0 Å². The summed E-state index contributed by atoms with van der Waals surface area (Å²) in [7, 11) is 1.51. The summed E-state index contributed by atoms with van der Waals surface area (Å²) >= 11 is 0. The molecule has 0 aliphatic rings. The Morgan fingerprint density at radius 3 is 2.58 bits per heavy atom. The van der Waals surface area contributed by atoms with Crippen LogP contribution >= 0.6 is 0 Å². The summed E-state index contributed by atoms with van der Waals surface area (Å²) in [4.78, 5) is 22.1. The highest BCUT2D eigenvalue weighted by atomic mass is 16.6. The summed E-state index contributed by atoms with van der Waals surface area (Å²) in [5, 5.41) is 24.3. The molecule has 0 saturated heterocycles. The molecule has 0 aliphatic heterocycles. The first-order valence-electron chi connectivity index (χ1n) is 7.26. The molecule has 0 aliphatic carbocycles. The number of nitro groups is 1. The van der Waals surface area contributed by atoms with Crippen molar-refractivity contribution in [3.05, 3.63) is 57.6 Å². The normalized spacial score (nSPS) is 11.6. The van der Waals surface area contributed by atoms with Gasteiger partial charge < -0.3 is 15.2 Å². The van der Waals surface area contributed by atoms with Gasteiger partial charge in [0.2, 0.25) is 0 Å². The minimum Gasteiger partial charge on any atom is -0.508 e. The average Bonchev–Trinajstić information content (AvgIpc) is 2.55. The van der Waals surface area contributed by atoms with Gasteiger partial charge in [0.15, 0.2) is 5.78 Å². The van der Waals surface area contributed by atoms with E-state index in [-0.39, 0.29) is 28.5 Å². The zero-order valence-corrected chi connectivity index (χ0v) is 13.6. The van der Waals surface area contributed by atoms with E-state index in [4.69, 9.17) is 4.74 Å². The fourth-order valence-electron chi connectivity index (χ4n) is 2.34. The predicted molar refractivity (Wildman–Crippen MR) is 89.8 cm³/mol. The van der Waals surface area contributed by atoms with E-state index in [0.717, 1.165) is 0 Å². The topological polar surface area (TPSA) is 102 Å². The molecule has 0 amide bonds. The van der Waals surface area contributed by atoms with Gasteiger partial charge in [-0.1, -0.05) is 0 Å². The number of carbonyl (C=O) groups excluding carboxylic acids is 1. The van der Waals surface area contributed by atoms with Crippen molar-refractivity contribution in [3.63, 3.8) is 0 Å². The number of nitrogens with zero attached hydrogens (tertiary/aromatic N) is 1. The maximum atomic E-state index is 11.4. The predicted octanol–water partition coefficient (Wildman–Crippen LogP) is 3.68. The fourth-order valence-corrected chi connectivity index (χ4v) is 2.34. The van der Waals surface area contributed by atoms with Crippen LogP contribution in [-0.4, -0.2) is 22.9 Å². The molecule has 0 saturated carbocycles. The van der Waals surface area contributed by atoms with E-state index in [1.807, 2.05) is 0 Å². The molecule has 24 heavy (non-hydrogen) atoms. The van der Waals surface area contributed by atoms with Crippen LogP contribution in [0.1, 0.15) is 35.8 Å². The van der Waals surface area contributed by atoms with Gasteiger partial charge in [0.1, 0.15) is 17.2 Å². The monoisotopic (exact) mass is 330 g/mol. The molecule has 0 fully saturated rings. The number of hydrogen-bond donors (Lipinski definition) is 2. The second kappa shape index (κ2) is 6.99. The third-order valence-electron chi connectivity index (χ3n) is 3.67. The smallest absolute Gasteiger partial charge is 0.293 e. The van der Waals surface area contributed by atoms with Crippen molar-refractivity contribution in [1.29, 1.82) is 0 Å². The zero-order valence-electron chi connectivity index (χ0n) is 13.6. The fraction of sp³-hybridized carbons (Fsp3) is 0.235. The van der Waals surface area contributed by atoms with Gasteiger partial charge in [0.05, 0.1) is 18.1 Å². The Morgan fingerprint density at radius 2 is 2.00 bits per heavy atom. The van der Waals surface area contributed by atoms with Crippen LogP contribution in [0.15, 0.2) is 36.4 Å². The van der Waals surface area contributed by atoms with Gasteiger partial charge in [0, 0.05) is 17.2 Å². The molecule has 2 rings (SSSR count). The third kappa shape index (κ3) is 3.62. The highest BCUT2D eigenvalue weighted by Gasteiger charge is 2.19. The van der Waals surface area contributed by atoms with Gasteiger partial charge >= 0.3 is 0 Å². The van der Waals surface area contributed by atoms with Crippen LogP contribution in [0.3, 0.4) is 0 Å². The van der Waals surface area contributed by atoms with E-state index in [9.17, 15) is 20.0 Å². The number of Topliss-reactive ketones (excluding diaryl/α,β-unsaturated/α-hetero) is 1. The van der Waals surface area contributed by atoms with Crippen LogP contribution in [0.2, 0.25) is 0 Å². The highest BCUT2D eigenvalue weighted by Crippen LogP contribution is 2.33. The number of ketones is 1. The van der Waals surface area contributed by atoms with E-state index in [1.54, 1.807) is 19.1 Å². The van der Waals surface area contributed by atoms with Crippen LogP contribution in [0, 0.1) is 10.1 Å². The maximum absolute atomic E-state index is 11.4. The number of aromatic hydroxyl groups is 1. The molecule has 2 N–H and O–H groups in total. The van der Waals surface area contributed by atoms with Crippen molar-refractivity contribution in [2.75, 3.05) is 12.4 Å². The molecular weight excluding hydrogens is 312 g/mol. The van der Waals surface area contributed by atoms with Gasteiger partial charge in [-0.05, 0) is 44.2 Å². The van der Waals surface area contributed by atoms with E-state index < -0.39 is 11.0 Å². The lowest BCUT2D eigenvalue weighted by atomic mass is 10.1. The minimum atomic E-state index is -0.549. The molecule has 0 spiro atoms. The van der Waals surface area contributed by atoms with Crippen molar-refractivity contribution in [1.82, 2.24) is 0 Å². The number of phenols is 1. The Hall–Kier alpha value is -3.09. The third-order valence-corrected chi connectivity index (χ3v) is 3.67. The van der Waals surface area contributed by atoms with Crippen LogP contribution in [0.4, 0.5) is 11.4 Å². The second-order valence-corrected chi connectivity index (χ2v) is 5.34. The van der Waals surface area contributed by atoms with Crippen LogP contribution in [0.25, 0.3) is 0 Å². The standard InChI is InChI=1S/C17H18N2O5/c1-10(14-9-13(24-3)5-7-17(14)21)18-15-6-4-12(11(2)20)8-16(15)19(22)23/h4-10,18,21H,1-3H3. The quantitative estimate of drug-likeness (QED) is 0.476. The van der Waals surface area contributed by atoms with Gasteiger partial charge in [-0.3, -0.25) is 14.9 Å². The van der Waals surface area contributed by atoms with Crippen molar-refractivity contribution in [2.45, 2.75) is 19.9 Å². The van der Waals surface area contributed by atoms with Gasteiger partial charge in [-0.25, -0.2) is 0 Å². The number of rotatable bonds is 6. The first-order valence-corrected chi connectivity index (χ1v) is 7.26. The zero-order chi connectivity index (χ0) is 17.9. The number of methoxy groups -OCH3 is 1. The number of nitrogens with one attached hydrogen (secondary N) is 1. The Morgan fingerprint density at radius 1 is 1.29 bits per heavy atom. The summed E-state index contributed by atoms with van der Waals surface area (Å²) in [6.45, 7) is 3.11. The summed E-state index contributed by atoms with van der Waals surface area (Å²) in [6, 6.07) is 8.61. The summed E-state index contributed by atoms with van der Waals surface area (Å²) < 4.78 is 5.13. The Bertz CT molecular complexity index is 789. The molecule has 1 unspecified atom stereocenters. The van der Waals surface area contributed by atoms with Crippen LogP contribution in [-0.2, 0) is 0 Å². The Balaban J connectivity index is 2.36. The van der Waals surface area contributed by atoms with Gasteiger partial charge in [-0.2, -0.15) is 0 Å². The molecule has 126 valence electrons. The highest BCUT2D eigenvalue weighted by molar-refractivity contribution is 5.95. The SMILES string of the molecule is COc1ccc(O)c(C(C)Nc2ccc(C(C)=O)cc2[N+](=O)[O-])c1. The second-order valence-electron chi connectivity index (χ2n) is 5.34. The van der Waals surface area contributed by atoms with E-state index in [0.29, 0.717) is 11.3 Å². The molecule has 0 aromatic heterocycles. The van der Waals surface area contributed by atoms with Crippen molar-refractivity contribution < 1.29 is 19.6 Å². The maximum Gasteiger partial charge on any atom is 0.293 e. The molecule has 7 heteroatoms. The first-order chi connectivity index (χ1) is 11.3. The molecule has 0 heterocycles. The first kappa shape index (κ1) is 17.3. The summed E-state index contributed by atoms with van der Waals surface area (Å²) in [6.07, 6.45) is 0. The van der Waals surface area contributed by atoms with Crippen LogP contribution < -0.4 is 10.1 Å². The minimum absolute atomic E-state index is 0.0545. The summed E-state index contributed by atoms with van der Waals surface area (Å²) in [5.41, 5.74) is 0.875. The number of nitro benzene ring substituents is 1. The summed E-state index contributed by atoms with van der Waals surface area (Å²) in [5.74, 6) is 0.375.